The average Bonchev–Trinajstić information content (AvgIpc) is 2.97. The molecule has 0 N–H and O–H groups in total. The van der Waals surface area contributed by atoms with E-state index in [-0.39, 0.29) is 12.1 Å². The van der Waals surface area contributed by atoms with Gasteiger partial charge in [-0.2, -0.15) is 0 Å². The van der Waals surface area contributed by atoms with Gasteiger partial charge in [0.15, 0.2) is 0 Å². The Bertz CT molecular complexity index is 756. The number of fused-ring (bicyclic) bond motifs is 7. The van der Waals surface area contributed by atoms with Crippen molar-refractivity contribution in [1.82, 2.24) is 0 Å². The normalized spacial score (nSPS) is 55.4. The van der Waals surface area contributed by atoms with Crippen molar-refractivity contribution in [3.05, 3.63) is 0 Å². The summed E-state index contributed by atoms with van der Waals surface area (Å²) in [5, 5.41) is 0. The fourth-order valence-corrected chi connectivity index (χ4v) is 11.6. The number of rotatable bonds is 1. The van der Waals surface area contributed by atoms with E-state index in [2.05, 4.69) is 41.5 Å². The highest BCUT2D eigenvalue weighted by atomic mass is 16.5. The molecule has 0 bridgehead atoms. The highest BCUT2D eigenvalue weighted by Crippen LogP contribution is 2.77. The van der Waals surface area contributed by atoms with E-state index >= 15 is 0 Å². The van der Waals surface area contributed by atoms with Crippen molar-refractivity contribution in [3.63, 3.8) is 0 Å². The molecule has 5 aliphatic carbocycles. The van der Waals surface area contributed by atoms with Crippen LogP contribution in [0, 0.1) is 50.7 Å². The molecule has 5 rings (SSSR count). The third-order valence-electron chi connectivity index (χ3n) is 13.0. The Kier molecular flexibility index (Phi) is 4.85. The van der Waals surface area contributed by atoms with E-state index in [1.165, 1.54) is 64.2 Å². The summed E-state index contributed by atoms with van der Waals surface area (Å²) in [4.78, 5) is 11.8. The van der Waals surface area contributed by atoms with Gasteiger partial charge in [0.05, 0.1) is 0 Å². The second-order valence-electron chi connectivity index (χ2n) is 14.3. The Labute approximate surface area is 191 Å². The third-order valence-corrected chi connectivity index (χ3v) is 13.0. The van der Waals surface area contributed by atoms with Crippen LogP contribution in [-0.4, -0.2) is 12.1 Å². The fourth-order valence-electron chi connectivity index (χ4n) is 11.6. The van der Waals surface area contributed by atoms with Crippen LogP contribution >= 0.6 is 0 Å². The second-order valence-corrected chi connectivity index (χ2v) is 14.3. The first kappa shape index (κ1) is 22.3. The lowest BCUT2D eigenvalue weighted by atomic mass is 9.32. The topological polar surface area (TPSA) is 26.3 Å². The molecule has 5 saturated carbocycles. The van der Waals surface area contributed by atoms with Gasteiger partial charge in [-0.25, -0.2) is 0 Å². The summed E-state index contributed by atoms with van der Waals surface area (Å²) >= 11 is 0. The van der Waals surface area contributed by atoms with E-state index in [1.807, 2.05) is 0 Å². The molecule has 0 aliphatic heterocycles. The van der Waals surface area contributed by atoms with Gasteiger partial charge in [-0.05, 0) is 109 Å². The number of carbonyl (C=O) groups excluding carboxylic acids is 1. The molecule has 5 aliphatic rings. The van der Waals surface area contributed by atoms with Crippen LogP contribution in [-0.2, 0) is 9.53 Å². The van der Waals surface area contributed by atoms with Gasteiger partial charge in [0.2, 0.25) is 0 Å². The lowest BCUT2D eigenvalue weighted by Gasteiger charge is -2.73. The van der Waals surface area contributed by atoms with Crippen molar-refractivity contribution in [1.29, 1.82) is 0 Å². The molecule has 0 unspecified atom stereocenters. The van der Waals surface area contributed by atoms with Crippen LogP contribution in [0.3, 0.4) is 0 Å². The maximum atomic E-state index is 11.8. The zero-order chi connectivity index (χ0) is 22.4. The summed E-state index contributed by atoms with van der Waals surface area (Å²) < 4.78 is 5.86. The molecule has 0 saturated heterocycles. The SMILES string of the molecule is CC(=O)O[C@@H]1CC[C@]2(C)[C@H]3CC[C@@H]4[C@@]5(C)CCCC(C)(C)[C@@H]5CC[C@@]4(C)[C@]3(C)CC[C@@H]12. The molecule has 9 atom stereocenters. The Hall–Kier alpha value is -0.530. The van der Waals surface area contributed by atoms with Crippen molar-refractivity contribution in [2.45, 2.75) is 125 Å². The van der Waals surface area contributed by atoms with Crippen LogP contribution in [0.15, 0.2) is 0 Å². The van der Waals surface area contributed by atoms with E-state index in [0.29, 0.717) is 33.0 Å². The maximum Gasteiger partial charge on any atom is 0.302 e. The summed E-state index contributed by atoms with van der Waals surface area (Å²) in [5.74, 6) is 3.07. The predicted molar refractivity (Wildman–Crippen MR) is 127 cm³/mol. The number of hydrogen-bond donors (Lipinski definition) is 0. The zero-order valence-corrected chi connectivity index (χ0v) is 21.5. The molecule has 2 nitrogen and oxygen atoms in total. The standard InChI is InChI=1S/C29H48O2/c1-19(30)31-21-12-16-26(4)20(21)11-17-28(6)23(26)9-10-24-27(5)15-8-14-25(2,3)22(27)13-18-29(24,28)7/h20-24H,8-18H2,1-7H3/t20-,21+,22-,23+,24+,26-,27-,28+,29+/m0/s1. The smallest absolute Gasteiger partial charge is 0.302 e. The maximum absolute atomic E-state index is 11.8. The molecule has 0 aromatic carbocycles. The molecule has 31 heavy (non-hydrogen) atoms. The molecule has 0 aromatic rings. The first-order chi connectivity index (χ1) is 14.4. The van der Waals surface area contributed by atoms with Crippen LogP contribution < -0.4 is 0 Å². The van der Waals surface area contributed by atoms with Crippen LogP contribution in [0.5, 0.6) is 0 Å². The van der Waals surface area contributed by atoms with E-state index in [0.717, 1.165) is 24.2 Å². The number of ether oxygens (including phenoxy) is 1. The Morgan fingerprint density at radius 3 is 1.94 bits per heavy atom. The van der Waals surface area contributed by atoms with Gasteiger partial charge >= 0.3 is 5.97 Å². The predicted octanol–water partition coefficient (Wildman–Crippen LogP) is 7.79. The van der Waals surface area contributed by atoms with Crippen molar-refractivity contribution in [2.75, 3.05) is 0 Å². The van der Waals surface area contributed by atoms with Gasteiger partial charge in [0.1, 0.15) is 6.10 Å². The molecule has 2 heteroatoms. The highest BCUT2D eigenvalue weighted by molar-refractivity contribution is 5.66. The summed E-state index contributed by atoms with van der Waals surface area (Å²) in [5.41, 5.74) is 2.28. The molecule has 0 aromatic heterocycles. The van der Waals surface area contributed by atoms with Gasteiger partial charge in [-0.1, -0.05) is 48.0 Å². The average molecular weight is 429 g/mol. The summed E-state index contributed by atoms with van der Waals surface area (Å²) in [6.45, 7) is 17.5. The quantitative estimate of drug-likeness (QED) is 0.398. The van der Waals surface area contributed by atoms with Gasteiger partial charge in [0.25, 0.3) is 0 Å². The van der Waals surface area contributed by atoms with Gasteiger partial charge in [0, 0.05) is 12.8 Å². The van der Waals surface area contributed by atoms with Gasteiger partial charge in [-0.3, -0.25) is 4.79 Å². The Morgan fingerprint density at radius 1 is 0.677 bits per heavy atom. The Morgan fingerprint density at radius 2 is 1.29 bits per heavy atom. The highest BCUT2D eigenvalue weighted by Gasteiger charge is 2.70. The Balaban J connectivity index is 1.49. The molecule has 0 spiro atoms. The first-order valence-electron chi connectivity index (χ1n) is 13.6. The number of esters is 1. The second kappa shape index (κ2) is 6.75. The molecule has 0 heterocycles. The molecule has 176 valence electrons. The molecule has 0 radical (unpaired) electrons. The van der Waals surface area contributed by atoms with E-state index in [9.17, 15) is 4.79 Å². The van der Waals surface area contributed by atoms with Crippen molar-refractivity contribution < 1.29 is 9.53 Å². The molecular formula is C29H48O2. The zero-order valence-electron chi connectivity index (χ0n) is 21.5. The summed E-state index contributed by atoms with van der Waals surface area (Å²) in [7, 11) is 0. The lowest BCUT2D eigenvalue weighted by Crippen LogP contribution is -2.66. The molecule has 0 amide bonds. The first-order valence-corrected chi connectivity index (χ1v) is 13.6. The summed E-state index contributed by atoms with van der Waals surface area (Å²) in [6, 6.07) is 0. The van der Waals surface area contributed by atoms with Crippen LogP contribution in [0.2, 0.25) is 0 Å². The van der Waals surface area contributed by atoms with E-state index < -0.39 is 0 Å². The van der Waals surface area contributed by atoms with Crippen molar-refractivity contribution in [2.24, 2.45) is 50.7 Å². The van der Waals surface area contributed by atoms with Gasteiger partial charge in [-0.15, -0.1) is 0 Å². The van der Waals surface area contributed by atoms with E-state index in [4.69, 9.17) is 4.74 Å². The monoisotopic (exact) mass is 428 g/mol. The molecule has 5 fully saturated rings. The van der Waals surface area contributed by atoms with Crippen molar-refractivity contribution >= 4 is 5.97 Å². The summed E-state index contributed by atoms with van der Waals surface area (Å²) in [6.07, 6.45) is 15.1. The fraction of sp³-hybridized carbons (Fsp3) is 0.966. The van der Waals surface area contributed by atoms with Crippen LogP contribution in [0.4, 0.5) is 0 Å². The van der Waals surface area contributed by atoms with Crippen molar-refractivity contribution in [3.8, 4) is 0 Å². The van der Waals surface area contributed by atoms with Crippen LogP contribution in [0.1, 0.15) is 119 Å². The number of hydrogen-bond acceptors (Lipinski definition) is 2. The van der Waals surface area contributed by atoms with Gasteiger partial charge < -0.3 is 4.74 Å². The lowest BCUT2D eigenvalue weighted by molar-refractivity contribution is -0.242. The largest absolute Gasteiger partial charge is 0.462 e. The minimum atomic E-state index is -0.0792. The minimum absolute atomic E-state index is 0.0792. The third kappa shape index (κ3) is 2.78. The minimum Gasteiger partial charge on any atom is -0.462 e. The van der Waals surface area contributed by atoms with E-state index in [1.54, 1.807) is 6.92 Å². The van der Waals surface area contributed by atoms with Crippen LogP contribution in [0.25, 0.3) is 0 Å². The number of carbonyl (C=O) groups is 1. The molecular weight excluding hydrogens is 380 g/mol.